The monoisotopic (exact) mass is 426 g/mol. The smallest absolute Gasteiger partial charge is 0.249 e. The first-order chi connectivity index (χ1) is 15.1. The van der Waals surface area contributed by atoms with Gasteiger partial charge in [0.1, 0.15) is 12.4 Å². The van der Waals surface area contributed by atoms with Gasteiger partial charge in [0, 0.05) is 26.7 Å². The van der Waals surface area contributed by atoms with Crippen LogP contribution in [0.15, 0.2) is 54.6 Å². The molecular formula is C24H30N2O5. The Labute approximate surface area is 183 Å². The highest BCUT2D eigenvalue weighted by atomic mass is 16.5. The molecule has 1 aliphatic rings. The van der Waals surface area contributed by atoms with E-state index in [4.69, 9.17) is 14.2 Å². The largest absolute Gasteiger partial charge is 0.497 e. The van der Waals surface area contributed by atoms with E-state index in [0.717, 1.165) is 17.7 Å². The maximum Gasteiger partial charge on any atom is 0.249 e. The summed E-state index contributed by atoms with van der Waals surface area (Å²) in [6.07, 6.45) is 0.454. The van der Waals surface area contributed by atoms with Crippen LogP contribution in [0.25, 0.3) is 0 Å². The van der Waals surface area contributed by atoms with E-state index >= 15 is 0 Å². The molecule has 1 fully saturated rings. The van der Waals surface area contributed by atoms with Gasteiger partial charge in [-0.15, -0.1) is 0 Å². The molecule has 31 heavy (non-hydrogen) atoms. The Morgan fingerprint density at radius 1 is 1.03 bits per heavy atom. The summed E-state index contributed by atoms with van der Waals surface area (Å²) < 4.78 is 16.4. The number of amides is 2. The third-order valence-corrected chi connectivity index (χ3v) is 5.28. The molecule has 1 atom stereocenters. The third kappa shape index (κ3) is 6.80. The van der Waals surface area contributed by atoms with Gasteiger partial charge in [-0.2, -0.15) is 0 Å². The molecule has 166 valence electrons. The summed E-state index contributed by atoms with van der Waals surface area (Å²) in [5, 5.41) is 0. The van der Waals surface area contributed by atoms with E-state index in [1.54, 1.807) is 12.0 Å². The number of benzene rings is 2. The van der Waals surface area contributed by atoms with Gasteiger partial charge in [-0.3, -0.25) is 9.59 Å². The maximum absolute atomic E-state index is 12.9. The van der Waals surface area contributed by atoms with Gasteiger partial charge >= 0.3 is 0 Å². The summed E-state index contributed by atoms with van der Waals surface area (Å²) in [6, 6.07) is 17.7. The van der Waals surface area contributed by atoms with Crippen LogP contribution in [-0.2, 0) is 32.1 Å². The third-order valence-electron chi connectivity index (χ3n) is 5.28. The molecule has 0 bridgehead atoms. The Kier molecular flexibility index (Phi) is 8.44. The number of ether oxygens (including phenoxy) is 3. The minimum absolute atomic E-state index is 0.0377. The van der Waals surface area contributed by atoms with Crippen molar-refractivity contribution in [3.05, 3.63) is 65.7 Å². The predicted molar refractivity (Wildman–Crippen MR) is 117 cm³/mol. The minimum atomic E-state index is -0.297. The standard InChI is InChI=1S/C24H30N2O5/c1-29-18-24(28)26-15-22(31-17-20-9-6-10-21(13-20)30-2)14-25(23(27)16-26)12-11-19-7-4-3-5-8-19/h3-10,13,22H,11-12,14-18H2,1-2H3/t22-/m0/s1. The molecule has 0 N–H and O–H groups in total. The van der Waals surface area contributed by atoms with Crippen LogP contribution in [0.5, 0.6) is 5.75 Å². The number of carbonyl (C=O) groups excluding carboxylic acids is 2. The summed E-state index contributed by atoms with van der Waals surface area (Å²) in [7, 11) is 3.10. The van der Waals surface area contributed by atoms with Crippen molar-refractivity contribution in [3.63, 3.8) is 0 Å². The van der Waals surface area contributed by atoms with Crippen LogP contribution >= 0.6 is 0 Å². The van der Waals surface area contributed by atoms with Crippen molar-refractivity contribution < 1.29 is 23.8 Å². The highest BCUT2D eigenvalue weighted by Crippen LogP contribution is 2.16. The van der Waals surface area contributed by atoms with Crippen LogP contribution < -0.4 is 4.74 Å². The van der Waals surface area contributed by atoms with E-state index in [0.29, 0.717) is 26.2 Å². The molecule has 7 nitrogen and oxygen atoms in total. The number of carbonyl (C=O) groups is 2. The summed E-state index contributed by atoms with van der Waals surface area (Å²) in [5.41, 5.74) is 2.14. The molecule has 7 heteroatoms. The lowest BCUT2D eigenvalue weighted by Crippen LogP contribution is -2.41. The number of hydrogen-bond donors (Lipinski definition) is 0. The van der Waals surface area contributed by atoms with E-state index in [1.165, 1.54) is 17.6 Å². The van der Waals surface area contributed by atoms with Gasteiger partial charge in [0.15, 0.2) is 0 Å². The number of hydrogen-bond acceptors (Lipinski definition) is 5. The lowest BCUT2D eigenvalue weighted by atomic mass is 10.1. The average Bonchev–Trinajstić information content (AvgIpc) is 2.96. The van der Waals surface area contributed by atoms with Gasteiger partial charge in [-0.05, 0) is 29.7 Å². The highest BCUT2D eigenvalue weighted by molar-refractivity contribution is 5.86. The Morgan fingerprint density at radius 3 is 2.55 bits per heavy atom. The van der Waals surface area contributed by atoms with E-state index < -0.39 is 0 Å². The van der Waals surface area contributed by atoms with Crippen LogP contribution in [-0.4, -0.2) is 74.7 Å². The van der Waals surface area contributed by atoms with Gasteiger partial charge in [0.2, 0.25) is 11.8 Å². The molecule has 2 aromatic carbocycles. The van der Waals surface area contributed by atoms with Crippen LogP contribution in [0.1, 0.15) is 11.1 Å². The van der Waals surface area contributed by atoms with Gasteiger partial charge in [0.25, 0.3) is 0 Å². The molecule has 0 unspecified atom stereocenters. The highest BCUT2D eigenvalue weighted by Gasteiger charge is 2.30. The molecule has 2 aromatic rings. The predicted octanol–water partition coefficient (Wildman–Crippen LogP) is 2.14. The van der Waals surface area contributed by atoms with Crippen LogP contribution in [0, 0.1) is 0 Å². The Bertz CT molecular complexity index is 858. The zero-order chi connectivity index (χ0) is 22.1. The summed E-state index contributed by atoms with van der Waals surface area (Å²) in [6.45, 7) is 1.71. The zero-order valence-electron chi connectivity index (χ0n) is 18.2. The average molecular weight is 427 g/mol. The maximum atomic E-state index is 12.9. The fraction of sp³-hybridized carbons (Fsp3) is 0.417. The Balaban J connectivity index is 1.69. The van der Waals surface area contributed by atoms with Gasteiger partial charge < -0.3 is 24.0 Å². The lowest BCUT2D eigenvalue weighted by Gasteiger charge is -2.25. The molecule has 0 aliphatic carbocycles. The van der Waals surface area contributed by atoms with Crippen LogP contribution in [0.4, 0.5) is 0 Å². The van der Waals surface area contributed by atoms with Crippen LogP contribution in [0.2, 0.25) is 0 Å². The molecule has 2 amide bonds. The van der Waals surface area contributed by atoms with Crippen molar-refractivity contribution in [2.24, 2.45) is 0 Å². The second kappa shape index (κ2) is 11.5. The van der Waals surface area contributed by atoms with Gasteiger partial charge in [0.05, 0.1) is 26.4 Å². The Hall–Kier alpha value is -2.90. The molecule has 1 aliphatic heterocycles. The van der Waals surface area contributed by atoms with E-state index in [1.807, 2.05) is 54.6 Å². The van der Waals surface area contributed by atoms with Crippen molar-refractivity contribution in [3.8, 4) is 5.75 Å². The fourth-order valence-corrected chi connectivity index (χ4v) is 3.59. The summed E-state index contributed by atoms with van der Waals surface area (Å²) in [4.78, 5) is 28.6. The van der Waals surface area contributed by atoms with Gasteiger partial charge in [-0.1, -0.05) is 42.5 Å². The topological polar surface area (TPSA) is 68.3 Å². The zero-order valence-corrected chi connectivity index (χ0v) is 18.2. The second-order valence-corrected chi connectivity index (χ2v) is 7.57. The van der Waals surface area contributed by atoms with Crippen molar-refractivity contribution in [2.75, 3.05) is 47.0 Å². The fourth-order valence-electron chi connectivity index (χ4n) is 3.59. The first-order valence-electron chi connectivity index (χ1n) is 10.4. The van der Waals surface area contributed by atoms with Gasteiger partial charge in [-0.25, -0.2) is 0 Å². The molecule has 0 spiro atoms. The summed E-state index contributed by atoms with van der Waals surface area (Å²) in [5.74, 6) is 0.474. The molecule has 3 rings (SSSR count). The first-order valence-corrected chi connectivity index (χ1v) is 10.4. The SMILES string of the molecule is COCC(=O)N1CC(=O)N(CCc2ccccc2)C[C@H](OCc2cccc(OC)c2)C1. The number of rotatable bonds is 9. The van der Waals surface area contributed by atoms with Crippen molar-refractivity contribution in [2.45, 2.75) is 19.1 Å². The molecule has 0 saturated carbocycles. The van der Waals surface area contributed by atoms with Crippen molar-refractivity contribution >= 4 is 11.8 Å². The molecule has 1 saturated heterocycles. The molecular weight excluding hydrogens is 396 g/mol. The first kappa shape index (κ1) is 22.8. The minimum Gasteiger partial charge on any atom is -0.497 e. The molecule has 0 aromatic heterocycles. The normalized spacial score (nSPS) is 16.8. The quantitative estimate of drug-likeness (QED) is 0.615. The Morgan fingerprint density at radius 2 is 1.81 bits per heavy atom. The molecule has 1 heterocycles. The van der Waals surface area contributed by atoms with Crippen molar-refractivity contribution in [1.82, 2.24) is 9.80 Å². The second-order valence-electron chi connectivity index (χ2n) is 7.57. The van der Waals surface area contributed by atoms with E-state index in [2.05, 4.69) is 0 Å². The summed E-state index contributed by atoms with van der Waals surface area (Å²) >= 11 is 0. The molecule has 0 radical (unpaired) electrons. The van der Waals surface area contributed by atoms with E-state index in [-0.39, 0.29) is 31.1 Å². The van der Waals surface area contributed by atoms with Crippen LogP contribution in [0.3, 0.4) is 0 Å². The number of methoxy groups -OCH3 is 2. The lowest BCUT2D eigenvalue weighted by molar-refractivity contribution is -0.141. The van der Waals surface area contributed by atoms with E-state index in [9.17, 15) is 9.59 Å². The number of nitrogens with zero attached hydrogens (tertiary/aromatic N) is 2. The van der Waals surface area contributed by atoms with Crippen molar-refractivity contribution in [1.29, 1.82) is 0 Å².